The van der Waals surface area contributed by atoms with Crippen LogP contribution in [0.1, 0.15) is 19.8 Å². The van der Waals surface area contributed by atoms with E-state index in [2.05, 4.69) is 66.5 Å². The molecule has 23 heavy (non-hydrogen) atoms. The number of hydrogen-bond acceptors (Lipinski definition) is 4. The van der Waals surface area contributed by atoms with Gasteiger partial charge in [0.15, 0.2) is 0 Å². The zero-order valence-electron chi connectivity index (χ0n) is 14.5. The molecule has 1 aromatic carbocycles. The number of fused-ring (bicyclic) bond motifs is 1. The largest absolute Gasteiger partial charge is 0.383 e. The summed E-state index contributed by atoms with van der Waals surface area (Å²) in [6.07, 6.45) is 2.52. The predicted octanol–water partition coefficient (Wildman–Crippen LogP) is 3.44. The van der Waals surface area contributed by atoms with Gasteiger partial charge in [-0.2, -0.15) is 0 Å². The number of piperidine rings is 1. The number of nitrogens with one attached hydrogen (secondary N) is 1. The molecule has 4 heteroatoms. The second-order valence-corrected chi connectivity index (χ2v) is 6.94. The summed E-state index contributed by atoms with van der Waals surface area (Å²) in [6, 6.07) is 10.7. The number of pyridine rings is 1. The highest BCUT2D eigenvalue weighted by atomic mass is 15.2. The van der Waals surface area contributed by atoms with Crippen LogP contribution in [0.3, 0.4) is 0 Å². The maximum absolute atomic E-state index is 4.90. The Labute approximate surface area is 139 Å². The normalized spacial score (nSPS) is 16.3. The minimum absolute atomic E-state index is 0.837. The molecule has 0 amide bonds. The van der Waals surface area contributed by atoms with E-state index in [1.165, 1.54) is 23.9 Å². The fraction of sp³-hybridized carbons (Fsp3) is 0.526. The fourth-order valence-corrected chi connectivity index (χ4v) is 3.12. The number of aromatic nitrogens is 1. The first-order chi connectivity index (χ1) is 11.1. The zero-order valence-corrected chi connectivity index (χ0v) is 14.5. The third-order valence-corrected chi connectivity index (χ3v) is 4.68. The van der Waals surface area contributed by atoms with E-state index in [0.29, 0.717) is 0 Å². The van der Waals surface area contributed by atoms with E-state index in [-0.39, 0.29) is 0 Å². The number of anilines is 2. The second-order valence-electron chi connectivity index (χ2n) is 6.94. The van der Waals surface area contributed by atoms with Crippen LogP contribution in [0.15, 0.2) is 30.3 Å². The van der Waals surface area contributed by atoms with E-state index in [0.717, 1.165) is 43.4 Å². The van der Waals surface area contributed by atoms with E-state index >= 15 is 0 Å². The molecule has 4 nitrogen and oxygen atoms in total. The van der Waals surface area contributed by atoms with Crippen LogP contribution in [0.4, 0.5) is 11.5 Å². The maximum atomic E-state index is 4.90. The van der Waals surface area contributed by atoms with Crippen LogP contribution in [0.5, 0.6) is 0 Å². The lowest BCUT2D eigenvalue weighted by Gasteiger charge is -2.31. The highest BCUT2D eigenvalue weighted by Gasteiger charge is 2.18. The fourth-order valence-electron chi connectivity index (χ4n) is 3.12. The van der Waals surface area contributed by atoms with Crippen LogP contribution in [0.25, 0.3) is 10.9 Å². The van der Waals surface area contributed by atoms with Crippen molar-refractivity contribution in [3.63, 3.8) is 0 Å². The highest BCUT2D eigenvalue weighted by molar-refractivity contribution is 5.93. The molecule has 1 fully saturated rings. The first kappa shape index (κ1) is 16.1. The van der Waals surface area contributed by atoms with Crippen molar-refractivity contribution >= 4 is 22.4 Å². The van der Waals surface area contributed by atoms with Gasteiger partial charge < -0.3 is 15.1 Å². The van der Waals surface area contributed by atoms with E-state index < -0.39 is 0 Å². The number of hydrogen-bond donors (Lipinski definition) is 1. The minimum atomic E-state index is 0.837. The van der Waals surface area contributed by atoms with Crippen LogP contribution in [-0.2, 0) is 0 Å². The molecule has 0 atom stereocenters. The van der Waals surface area contributed by atoms with Crippen LogP contribution in [0, 0.1) is 5.92 Å². The molecule has 1 N–H and O–H groups in total. The van der Waals surface area contributed by atoms with E-state index in [4.69, 9.17) is 4.98 Å². The van der Waals surface area contributed by atoms with Crippen LogP contribution < -0.4 is 10.2 Å². The monoisotopic (exact) mass is 312 g/mol. The van der Waals surface area contributed by atoms with Gasteiger partial charge in [-0.05, 0) is 38.9 Å². The van der Waals surface area contributed by atoms with Crippen LogP contribution in [0.2, 0.25) is 0 Å². The van der Waals surface area contributed by atoms with Crippen molar-refractivity contribution < 1.29 is 0 Å². The van der Waals surface area contributed by atoms with Gasteiger partial charge in [-0.25, -0.2) is 4.98 Å². The molecule has 1 saturated heterocycles. The summed E-state index contributed by atoms with van der Waals surface area (Å²) < 4.78 is 0. The molecule has 0 bridgehead atoms. The first-order valence-corrected chi connectivity index (χ1v) is 8.67. The Bertz CT molecular complexity index is 645. The van der Waals surface area contributed by atoms with Crippen molar-refractivity contribution in [1.29, 1.82) is 0 Å². The topological polar surface area (TPSA) is 31.4 Å². The van der Waals surface area contributed by atoms with E-state index in [1.807, 2.05) is 0 Å². The third kappa shape index (κ3) is 3.94. The summed E-state index contributed by atoms with van der Waals surface area (Å²) in [5.41, 5.74) is 2.28. The average molecular weight is 312 g/mol. The third-order valence-electron chi connectivity index (χ3n) is 4.68. The van der Waals surface area contributed by atoms with Crippen molar-refractivity contribution in [2.45, 2.75) is 19.8 Å². The lowest BCUT2D eigenvalue weighted by Crippen LogP contribution is -2.33. The molecule has 1 aliphatic heterocycles. The predicted molar refractivity (Wildman–Crippen MR) is 99.4 cm³/mol. The minimum Gasteiger partial charge on any atom is -0.383 e. The molecule has 124 valence electrons. The summed E-state index contributed by atoms with van der Waals surface area (Å²) in [5.74, 6) is 1.95. The molecule has 3 rings (SSSR count). The first-order valence-electron chi connectivity index (χ1n) is 8.67. The number of benzene rings is 1. The molecule has 0 aliphatic carbocycles. The molecule has 0 saturated carbocycles. The Hall–Kier alpha value is -1.81. The molecule has 2 heterocycles. The summed E-state index contributed by atoms with van der Waals surface area (Å²) in [7, 11) is 4.21. The summed E-state index contributed by atoms with van der Waals surface area (Å²) in [4.78, 5) is 9.54. The van der Waals surface area contributed by atoms with Crippen molar-refractivity contribution in [2.75, 3.05) is 50.5 Å². The van der Waals surface area contributed by atoms with E-state index in [9.17, 15) is 0 Å². The smallest absolute Gasteiger partial charge is 0.131 e. The summed E-state index contributed by atoms with van der Waals surface area (Å²) in [6.45, 7) is 6.54. The lowest BCUT2D eigenvalue weighted by molar-refractivity contribution is 0.425. The standard InChI is InChI=1S/C19H28N4/c1-15-8-11-23(12-9-15)19-14-18(20-10-13-22(2)3)16-6-4-5-7-17(16)21-19/h4-7,14-15H,8-13H2,1-3H3,(H,20,21). The molecule has 0 radical (unpaired) electrons. The van der Waals surface area contributed by atoms with Crippen molar-refractivity contribution in [2.24, 2.45) is 5.92 Å². The number of para-hydroxylation sites is 1. The van der Waals surface area contributed by atoms with Crippen molar-refractivity contribution in [3.05, 3.63) is 30.3 Å². The Morgan fingerprint density at radius 2 is 1.96 bits per heavy atom. The molecule has 1 aliphatic rings. The van der Waals surface area contributed by atoms with Gasteiger partial charge in [0.1, 0.15) is 5.82 Å². The average Bonchev–Trinajstić information content (AvgIpc) is 2.55. The van der Waals surface area contributed by atoms with Gasteiger partial charge in [0, 0.05) is 43.3 Å². The highest BCUT2D eigenvalue weighted by Crippen LogP contribution is 2.29. The van der Waals surface area contributed by atoms with E-state index in [1.54, 1.807) is 0 Å². The SMILES string of the molecule is CC1CCN(c2cc(NCCN(C)C)c3ccccc3n2)CC1. The van der Waals surface area contributed by atoms with Crippen LogP contribution >= 0.6 is 0 Å². The molecule has 1 aromatic heterocycles. The van der Waals surface area contributed by atoms with Gasteiger partial charge in [0.2, 0.25) is 0 Å². The van der Waals surface area contributed by atoms with Gasteiger partial charge in [0.05, 0.1) is 5.52 Å². The molecule has 0 unspecified atom stereocenters. The Morgan fingerprint density at radius 1 is 1.22 bits per heavy atom. The number of nitrogens with zero attached hydrogens (tertiary/aromatic N) is 3. The van der Waals surface area contributed by atoms with Gasteiger partial charge in [-0.1, -0.05) is 25.1 Å². The van der Waals surface area contributed by atoms with Gasteiger partial charge in [-0.15, -0.1) is 0 Å². The Balaban J connectivity index is 1.87. The van der Waals surface area contributed by atoms with Gasteiger partial charge in [-0.3, -0.25) is 0 Å². The number of likely N-dealkylation sites (N-methyl/N-ethyl adjacent to an activating group) is 1. The Kier molecular flexibility index (Phi) is 5.01. The zero-order chi connectivity index (χ0) is 16.2. The summed E-state index contributed by atoms with van der Waals surface area (Å²) >= 11 is 0. The molecule has 2 aromatic rings. The van der Waals surface area contributed by atoms with Gasteiger partial charge >= 0.3 is 0 Å². The lowest BCUT2D eigenvalue weighted by atomic mass is 9.99. The Morgan fingerprint density at radius 3 is 2.70 bits per heavy atom. The molecule has 0 spiro atoms. The summed E-state index contributed by atoms with van der Waals surface area (Å²) in [5, 5.41) is 4.81. The van der Waals surface area contributed by atoms with Crippen molar-refractivity contribution in [3.8, 4) is 0 Å². The second kappa shape index (κ2) is 7.18. The number of rotatable bonds is 5. The molecular weight excluding hydrogens is 284 g/mol. The van der Waals surface area contributed by atoms with Crippen molar-refractivity contribution in [1.82, 2.24) is 9.88 Å². The molecular formula is C19H28N4. The quantitative estimate of drug-likeness (QED) is 0.916. The van der Waals surface area contributed by atoms with Gasteiger partial charge in [0.25, 0.3) is 0 Å². The maximum Gasteiger partial charge on any atom is 0.131 e. The van der Waals surface area contributed by atoms with Crippen LogP contribution in [-0.4, -0.2) is 50.2 Å².